The predicted octanol–water partition coefficient (Wildman–Crippen LogP) is 2.29. The van der Waals surface area contributed by atoms with Gasteiger partial charge in [-0.25, -0.2) is 0 Å². The Morgan fingerprint density at radius 3 is 2.18 bits per heavy atom. The normalized spacial score (nSPS) is 40.2. The van der Waals surface area contributed by atoms with Crippen LogP contribution in [0.4, 0.5) is 0 Å². The summed E-state index contributed by atoms with van der Waals surface area (Å²) >= 11 is 11.6. The van der Waals surface area contributed by atoms with Crippen LogP contribution in [0.1, 0.15) is 20.3 Å². The lowest BCUT2D eigenvalue weighted by Gasteiger charge is -2.02. The Morgan fingerprint density at radius 2 is 2.09 bits per heavy atom. The molecule has 0 aliphatic heterocycles. The van der Waals surface area contributed by atoms with Gasteiger partial charge in [-0.05, 0) is 13.3 Å². The molecule has 1 aliphatic carbocycles. The summed E-state index contributed by atoms with van der Waals surface area (Å²) in [6, 6.07) is 0. The average Bonchev–Trinajstić information content (AvgIpc) is 2.29. The van der Waals surface area contributed by atoms with Gasteiger partial charge in [-0.2, -0.15) is 0 Å². The fourth-order valence-corrected chi connectivity index (χ4v) is 2.63. The Morgan fingerprint density at radius 1 is 1.64 bits per heavy atom. The Hall–Kier alpha value is 0.0500. The van der Waals surface area contributed by atoms with Crippen LogP contribution in [-0.2, 0) is 4.79 Å². The smallest absolute Gasteiger partial charge is 0.312 e. The SMILES string of the molecule is CCC1C(Cl)(Cl)C1(C)C(=O)O. The van der Waals surface area contributed by atoms with Gasteiger partial charge in [0.15, 0.2) is 0 Å². The maximum absolute atomic E-state index is 10.7. The summed E-state index contributed by atoms with van der Waals surface area (Å²) in [5, 5.41) is 8.78. The van der Waals surface area contributed by atoms with Gasteiger partial charge in [0.05, 0.1) is 0 Å². The molecule has 11 heavy (non-hydrogen) atoms. The van der Waals surface area contributed by atoms with E-state index < -0.39 is 15.7 Å². The summed E-state index contributed by atoms with van der Waals surface area (Å²) in [6.45, 7) is 3.47. The number of carbonyl (C=O) groups is 1. The molecule has 0 radical (unpaired) electrons. The van der Waals surface area contributed by atoms with E-state index in [1.165, 1.54) is 0 Å². The summed E-state index contributed by atoms with van der Waals surface area (Å²) in [5.74, 6) is -1.02. The van der Waals surface area contributed by atoms with Gasteiger partial charge in [0, 0.05) is 5.92 Å². The molecule has 0 aromatic carbocycles. The highest BCUT2D eigenvalue weighted by Gasteiger charge is 2.76. The van der Waals surface area contributed by atoms with E-state index in [0.29, 0.717) is 6.42 Å². The van der Waals surface area contributed by atoms with Crippen molar-refractivity contribution in [2.24, 2.45) is 11.3 Å². The van der Waals surface area contributed by atoms with Crippen molar-refractivity contribution in [1.29, 1.82) is 0 Å². The summed E-state index contributed by atoms with van der Waals surface area (Å²) in [5.41, 5.74) is -0.940. The van der Waals surface area contributed by atoms with Crippen LogP contribution in [0.15, 0.2) is 0 Å². The minimum absolute atomic E-state index is 0.115. The highest BCUT2D eigenvalue weighted by molar-refractivity contribution is 6.53. The molecule has 0 heterocycles. The first kappa shape index (κ1) is 9.14. The van der Waals surface area contributed by atoms with E-state index in [9.17, 15) is 4.79 Å². The number of hydrogen-bond acceptors (Lipinski definition) is 1. The van der Waals surface area contributed by atoms with Crippen molar-refractivity contribution in [3.05, 3.63) is 0 Å². The third kappa shape index (κ3) is 0.890. The lowest BCUT2D eigenvalue weighted by atomic mass is 10.1. The number of carboxylic acids is 1. The molecule has 4 heteroatoms. The maximum Gasteiger partial charge on any atom is 0.312 e. The summed E-state index contributed by atoms with van der Waals surface area (Å²) in [6.07, 6.45) is 0.704. The largest absolute Gasteiger partial charge is 0.481 e. The molecule has 0 saturated heterocycles. The quantitative estimate of drug-likeness (QED) is 0.689. The monoisotopic (exact) mass is 196 g/mol. The maximum atomic E-state index is 10.7. The molecule has 2 atom stereocenters. The van der Waals surface area contributed by atoms with E-state index >= 15 is 0 Å². The number of alkyl halides is 2. The molecule has 1 fully saturated rings. The number of rotatable bonds is 2. The molecular weight excluding hydrogens is 187 g/mol. The van der Waals surface area contributed by atoms with Crippen LogP contribution in [0.3, 0.4) is 0 Å². The van der Waals surface area contributed by atoms with Crippen molar-refractivity contribution in [3.8, 4) is 0 Å². The minimum Gasteiger partial charge on any atom is -0.481 e. The van der Waals surface area contributed by atoms with Crippen LogP contribution in [0, 0.1) is 11.3 Å². The molecule has 64 valence electrons. The molecule has 0 aromatic rings. The number of carboxylic acid groups (broad SMARTS) is 1. The third-order valence-corrected chi connectivity index (χ3v) is 3.91. The lowest BCUT2D eigenvalue weighted by Crippen LogP contribution is -2.17. The number of halogens is 2. The molecule has 2 unspecified atom stereocenters. The molecule has 1 saturated carbocycles. The van der Waals surface area contributed by atoms with Crippen molar-refractivity contribution in [1.82, 2.24) is 0 Å². The van der Waals surface area contributed by atoms with Crippen LogP contribution in [0.2, 0.25) is 0 Å². The van der Waals surface area contributed by atoms with Crippen LogP contribution in [-0.4, -0.2) is 15.4 Å². The van der Waals surface area contributed by atoms with Gasteiger partial charge >= 0.3 is 5.97 Å². The van der Waals surface area contributed by atoms with Crippen LogP contribution >= 0.6 is 23.2 Å². The molecular formula is C7H10Cl2O2. The zero-order valence-electron chi connectivity index (χ0n) is 6.40. The van der Waals surface area contributed by atoms with Gasteiger partial charge < -0.3 is 5.11 Å². The van der Waals surface area contributed by atoms with Gasteiger partial charge in [0.2, 0.25) is 0 Å². The highest BCUT2D eigenvalue weighted by Crippen LogP contribution is 2.70. The Bertz CT molecular complexity index is 203. The van der Waals surface area contributed by atoms with E-state index in [-0.39, 0.29) is 5.92 Å². The van der Waals surface area contributed by atoms with Gasteiger partial charge in [-0.15, -0.1) is 23.2 Å². The van der Waals surface area contributed by atoms with Crippen molar-refractivity contribution < 1.29 is 9.90 Å². The van der Waals surface area contributed by atoms with E-state index in [4.69, 9.17) is 28.3 Å². The second-order valence-electron chi connectivity index (χ2n) is 3.09. The second kappa shape index (κ2) is 2.27. The molecule has 1 rings (SSSR count). The molecule has 1 N–H and O–H groups in total. The molecule has 0 aromatic heterocycles. The van der Waals surface area contributed by atoms with Crippen molar-refractivity contribution in [3.63, 3.8) is 0 Å². The summed E-state index contributed by atoms with van der Waals surface area (Å²) < 4.78 is -1.06. The van der Waals surface area contributed by atoms with Crippen molar-refractivity contribution in [2.45, 2.75) is 24.6 Å². The lowest BCUT2D eigenvalue weighted by molar-refractivity contribution is -0.143. The Kier molecular flexibility index (Phi) is 1.88. The Balaban J connectivity index is 2.86. The van der Waals surface area contributed by atoms with E-state index in [0.717, 1.165) is 0 Å². The first-order valence-electron chi connectivity index (χ1n) is 3.50. The topological polar surface area (TPSA) is 37.3 Å². The van der Waals surface area contributed by atoms with Crippen LogP contribution in [0.5, 0.6) is 0 Å². The summed E-state index contributed by atoms with van der Waals surface area (Å²) in [7, 11) is 0. The zero-order valence-corrected chi connectivity index (χ0v) is 7.91. The fourth-order valence-electron chi connectivity index (χ4n) is 1.57. The summed E-state index contributed by atoms with van der Waals surface area (Å²) in [4.78, 5) is 10.7. The van der Waals surface area contributed by atoms with E-state index in [1.807, 2.05) is 6.92 Å². The van der Waals surface area contributed by atoms with Crippen LogP contribution in [0.25, 0.3) is 0 Å². The second-order valence-corrected chi connectivity index (χ2v) is 4.48. The standard InChI is InChI=1S/C7H10Cl2O2/c1-3-4-6(2,5(10)11)7(4,8)9/h4H,3H2,1-2H3,(H,10,11). The molecule has 1 aliphatic rings. The molecule has 0 amide bonds. The molecule has 0 bridgehead atoms. The Labute approximate surface area is 75.5 Å². The zero-order chi connectivity index (χ0) is 8.86. The van der Waals surface area contributed by atoms with E-state index in [1.54, 1.807) is 6.92 Å². The number of aliphatic carboxylic acids is 1. The average molecular weight is 197 g/mol. The van der Waals surface area contributed by atoms with Gasteiger partial charge in [-0.1, -0.05) is 6.92 Å². The van der Waals surface area contributed by atoms with Gasteiger partial charge in [-0.3, -0.25) is 4.79 Å². The fraction of sp³-hybridized carbons (Fsp3) is 0.857. The van der Waals surface area contributed by atoms with Gasteiger partial charge in [0.1, 0.15) is 9.75 Å². The van der Waals surface area contributed by atoms with Gasteiger partial charge in [0.25, 0.3) is 0 Å². The number of hydrogen-bond donors (Lipinski definition) is 1. The molecule has 0 spiro atoms. The van der Waals surface area contributed by atoms with E-state index in [2.05, 4.69) is 0 Å². The first-order valence-corrected chi connectivity index (χ1v) is 4.25. The van der Waals surface area contributed by atoms with Crippen LogP contribution < -0.4 is 0 Å². The van der Waals surface area contributed by atoms with Crippen molar-refractivity contribution in [2.75, 3.05) is 0 Å². The predicted molar refractivity (Wildman–Crippen MR) is 44.0 cm³/mol. The van der Waals surface area contributed by atoms with Crippen molar-refractivity contribution >= 4 is 29.2 Å². The minimum atomic E-state index is -1.06. The first-order chi connectivity index (χ1) is 4.89. The molecule has 2 nitrogen and oxygen atoms in total. The highest BCUT2D eigenvalue weighted by atomic mass is 35.5. The third-order valence-electron chi connectivity index (χ3n) is 2.60.